The molecule has 0 bridgehead atoms. The molecule has 0 radical (unpaired) electrons. The number of carbonyl (C=O) groups excluding carboxylic acids is 2. The third-order valence-electron chi connectivity index (χ3n) is 2.82. The molecule has 28 heavy (non-hydrogen) atoms. The van der Waals surface area contributed by atoms with E-state index in [4.69, 9.17) is 21.7 Å². The standard InChI is InChI=1S/C9H8O4.C6H14N2O2.C2H5NO2/c1-6(10)13-9(12)7-4-2-3-5-8(7)11;7-4-2-1-3-5(8)6(9)10;3-1-2(4)5/h2-5,11H,1H3;5H,1-4,7-8H2,(H,9,10);1,3H2,(H,4,5). The van der Waals surface area contributed by atoms with E-state index < -0.39 is 29.9 Å². The maximum absolute atomic E-state index is 11.1. The number of phenolic OH excluding ortho intramolecular Hbond substituents is 1. The van der Waals surface area contributed by atoms with Gasteiger partial charge < -0.3 is 37.3 Å². The number of aliphatic carboxylic acids is 2. The van der Waals surface area contributed by atoms with Crippen LogP contribution in [0.1, 0.15) is 36.5 Å². The zero-order valence-electron chi connectivity index (χ0n) is 15.5. The topological polar surface area (TPSA) is 216 Å². The largest absolute Gasteiger partial charge is 0.507 e. The third-order valence-corrected chi connectivity index (χ3v) is 2.82. The van der Waals surface area contributed by atoms with Crippen molar-refractivity contribution in [1.29, 1.82) is 0 Å². The molecular weight excluding hydrogens is 374 g/mol. The SMILES string of the molecule is CC(=O)OC(=O)c1ccccc1O.NCC(=O)O.NCCCCC(N)C(=O)O. The van der Waals surface area contributed by atoms with Gasteiger partial charge in [0, 0.05) is 6.92 Å². The summed E-state index contributed by atoms with van der Waals surface area (Å²) in [5.41, 5.74) is 15.0. The fourth-order valence-corrected chi connectivity index (χ4v) is 1.46. The van der Waals surface area contributed by atoms with Gasteiger partial charge in [-0.15, -0.1) is 0 Å². The summed E-state index contributed by atoms with van der Waals surface area (Å²) in [4.78, 5) is 40.9. The van der Waals surface area contributed by atoms with E-state index in [0.717, 1.165) is 19.8 Å². The lowest BCUT2D eigenvalue weighted by Crippen LogP contribution is -2.29. The van der Waals surface area contributed by atoms with Crippen LogP contribution in [0.5, 0.6) is 5.75 Å². The first-order valence-corrected chi connectivity index (χ1v) is 8.17. The van der Waals surface area contributed by atoms with E-state index in [0.29, 0.717) is 13.0 Å². The van der Waals surface area contributed by atoms with Crippen molar-refractivity contribution in [3.63, 3.8) is 0 Å². The minimum atomic E-state index is -0.968. The minimum absolute atomic E-state index is 0.0160. The number of unbranched alkanes of at least 4 members (excludes halogenated alkanes) is 1. The average molecular weight is 401 g/mol. The van der Waals surface area contributed by atoms with Gasteiger partial charge in [0.1, 0.15) is 17.4 Å². The van der Waals surface area contributed by atoms with E-state index in [1.54, 1.807) is 12.1 Å². The van der Waals surface area contributed by atoms with E-state index in [1.807, 2.05) is 0 Å². The summed E-state index contributed by atoms with van der Waals surface area (Å²) in [6.45, 7) is 1.45. The lowest BCUT2D eigenvalue weighted by atomic mass is 10.1. The second-order valence-electron chi connectivity index (χ2n) is 5.23. The van der Waals surface area contributed by atoms with Crippen molar-refractivity contribution in [2.45, 2.75) is 32.2 Å². The Hall–Kier alpha value is -3.02. The number of aromatic hydroxyl groups is 1. The molecule has 1 atom stereocenters. The third kappa shape index (κ3) is 15.3. The predicted molar refractivity (Wildman–Crippen MR) is 99.4 cm³/mol. The van der Waals surface area contributed by atoms with Crippen LogP contribution in [-0.2, 0) is 19.1 Å². The molecule has 0 amide bonds. The molecule has 0 aliphatic heterocycles. The highest BCUT2D eigenvalue weighted by Gasteiger charge is 2.13. The average Bonchev–Trinajstić information content (AvgIpc) is 2.62. The first-order chi connectivity index (χ1) is 13.1. The van der Waals surface area contributed by atoms with Crippen LogP contribution in [0.3, 0.4) is 0 Å². The van der Waals surface area contributed by atoms with E-state index in [-0.39, 0.29) is 17.9 Å². The summed E-state index contributed by atoms with van der Waals surface area (Å²) < 4.78 is 4.28. The summed E-state index contributed by atoms with van der Waals surface area (Å²) in [5.74, 6) is -3.64. The van der Waals surface area contributed by atoms with Gasteiger partial charge in [-0.3, -0.25) is 14.4 Å². The van der Waals surface area contributed by atoms with Crippen molar-refractivity contribution in [2.75, 3.05) is 13.1 Å². The Balaban J connectivity index is 0. The second-order valence-corrected chi connectivity index (χ2v) is 5.23. The van der Waals surface area contributed by atoms with E-state index >= 15 is 0 Å². The Bertz CT molecular complexity index is 637. The molecule has 1 unspecified atom stereocenters. The molecule has 0 spiro atoms. The number of benzene rings is 1. The van der Waals surface area contributed by atoms with Crippen LogP contribution in [0.4, 0.5) is 0 Å². The molecule has 9 N–H and O–H groups in total. The van der Waals surface area contributed by atoms with Gasteiger partial charge in [-0.2, -0.15) is 0 Å². The van der Waals surface area contributed by atoms with Crippen LogP contribution in [-0.4, -0.2) is 58.3 Å². The molecule has 0 fully saturated rings. The molecule has 158 valence electrons. The number of para-hydroxylation sites is 1. The van der Waals surface area contributed by atoms with Crippen LogP contribution >= 0.6 is 0 Å². The number of carboxylic acids is 2. The molecule has 0 aliphatic carbocycles. The number of carboxylic acid groups (broad SMARTS) is 2. The van der Waals surface area contributed by atoms with Crippen LogP contribution in [0, 0.1) is 0 Å². The number of carbonyl (C=O) groups is 4. The van der Waals surface area contributed by atoms with E-state index in [2.05, 4.69) is 10.5 Å². The van der Waals surface area contributed by atoms with Crippen molar-refractivity contribution < 1.29 is 39.2 Å². The van der Waals surface area contributed by atoms with Crippen LogP contribution in [0.25, 0.3) is 0 Å². The summed E-state index contributed by atoms with van der Waals surface area (Å²) in [5, 5.41) is 25.1. The zero-order valence-corrected chi connectivity index (χ0v) is 15.5. The molecule has 0 aromatic heterocycles. The van der Waals surface area contributed by atoms with Gasteiger partial charge >= 0.3 is 23.9 Å². The number of hydrogen-bond donors (Lipinski definition) is 6. The first-order valence-electron chi connectivity index (χ1n) is 8.17. The molecule has 1 rings (SSSR count). The van der Waals surface area contributed by atoms with Gasteiger partial charge in [-0.05, 0) is 31.5 Å². The number of ether oxygens (including phenoxy) is 1. The Morgan fingerprint density at radius 3 is 2.00 bits per heavy atom. The highest BCUT2D eigenvalue weighted by Crippen LogP contribution is 2.16. The number of nitrogens with two attached hydrogens (primary N) is 3. The molecule has 1 aromatic carbocycles. The van der Waals surface area contributed by atoms with Crippen molar-refractivity contribution in [1.82, 2.24) is 0 Å². The van der Waals surface area contributed by atoms with Gasteiger partial charge in [0.25, 0.3) is 0 Å². The molecule has 11 nitrogen and oxygen atoms in total. The lowest BCUT2D eigenvalue weighted by Gasteiger charge is -2.03. The summed E-state index contributed by atoms with van der Waals surface area (Å²) in [6, 6.07) is 5.14. The molecule has 0 heterocycles. The Morgan fingerprint density at radius 2 is 1.61 bits per heavy atom. The van der Waals surface area contributed by atoms with Gasteiger partial charge in [0.2, 0.25) is 0 Å². The molecule has 0 aliphatic rings. The highest BCUT2D eigenvalue weighted by molar-refractivity contribution is 5.98. The van der Waals surface area contributed by atoms with Gasteiger partial charge in [0.05, 0.1) is 6.54 Å². The van der Waals surface area contributed by atoms with Gasteiger partial charge in [0.15, 0.2) is 0 Å². The quantitative estimate of drug-likeness (QED) is 0.197. The van der Waals surface area contributed by atoms with Gasteiger partial charge in [-0.1, -0.05) is 18.6 Å². The fourth-order valence-electron chi connectivity index (χ4n) is 1.46. The van der Waals surface area contributed by atoms with Crippen molar-refractivity contribution >= 4 is 23.9 Å². The Labute approximate surface area is 162 Å². The van der Waals surface area contributed by atoms with E-state index in [1.165, 1.54) is 12.1 Å². The smallest absolute Gasteiger partial charge is 0.349 e. The monoisotopic (exact) mass is 401 g/mol. The van der Waals surface area contributed by atoms with Crippen molar-refractivity contribution in [3.05, 3.63) is 29.8 Å². The minimum Gasteiger partial charge on any atom is -0.507 e. The summed E-state index contributed by atoms with van der Waals surface area (Å²) >= 11 is 0. The summed E-state index contributed by atoms with van der Waals surface area (Å²) in [6.07, 6.45) is 2.16. The molecular formula is C17H27N3O8. The maximum Gasteiger partial charge on any atom is 0.349 e. The normalized spacial score (nSPS) is 10.3. The molecule has 0 saturated heterocycles. The fraction of sp³-hybridized carbons (Fsp3) is 0.412. The van der Waals surface area contributed by atoms with E-state index in [9.17, 15) is 24.3 Å². The van der Waals surface area contributed by atoms with Crippen LogP contribution in [0.15, 0.2) is 24.3 Å². The number of phenols is 1. The summed E-state index contributed by atoms with van der Waals surface area (Å²) in [7, 11) is 0. The Morgan fingerprint density at radius 1 is 1.07 bits per heavy atom. The highest BCUT2D eigenvalue weighted by atomic mass is 16.6. The zero-order chi connectivity index (χ0) is 22.1. The molecule has 11 heteroatoms. The lowest BCUT2D eigenvalue weighted by molar-refractivity contribution is -0.139. The number of esters is 2. The molecule has 1 aromatic rings. The number of rotatable bonds is 7. The van der Waals surface area contributed by atoms with Crippen LogP contribution < -0.4 is 17.2 Å². The van der Waals surface area contributed by atoms with Crippen molar-refractivity contribution in [2.24, 2.45) is 17.2 Å². The molecule has 0 saturated carbocycles. The second kappa shape index (κ2) is 16.2. The first kappa shape index (κ1) is 27.2. The predicted octanol–water partition coefficient (Wildman–Crippen LogP) is -0.347. The Kier molecular flexibility index (Phi) is 15.7. The van der Waals surface area contributed by atoms with Crippen molar-refractivity contribution in [3.8, 4) is 5.75 Å². The maximum atomic E-state index is 11.1. The number of hydrogen-bond acceptors (Lipinski definition) is 9. The van der Waals surface area contributed by atoms with Gasteiger partial charge in [-0.25, -0.2) is 4.79 Å². The van der Waals surface area contributed by atoms with Crippen LogP contribution in [0.2, 0.25) is 0 Å².